The largest absolute Gasteiger partial charge is 0.397 e. The van der Waals surface area contributed by atoms with Crippen LogP contribution in [0.15, 0.2) is 78.9 Å². The molecule has 0 saturated carbocycles. The molecule has 0 heterocycles. The molecule has 126 valence electrons. The van der Waals surface area contributed by atoms with Crippen molar-refractivity contribution >= 4 is 17.1 Å². The van der Waals surface area contributed by atoms with Crippen molar-refractivity contribution in [3.63, 3.8) is 0 Å². The Morgan fingerprint density at radius 2 is 1.36 bits per heavy atom. The van der Waals surface area contributed by atoms with Crippen LogP contribution in [0.5, 0.6) is 0 Å². The van der Waals surface area contributed by atoms with Gasteiger partial charge in [0.25, 0.3) is 5.69 Å². The number of nitrogens with two attached hydrogens (primary N) is 1. The molecule has 0 aliphatic heterocycles. The van der Waals surface area contributed by atoms with E-state index in [1.807, 2.05) is 60.7 Å². The Morgan fingerprint density at radius 3 is 1.84 bits per heavy atom. The first-order chi connectivity index (χ1) is 12.1. The van der Waals surface area contributed by atoms with Crippen molar-refractivity contribution in [3.8, 4) is 0 Å². The summed E-state index contributed by atoms with van der Waals surface area (Å²) >= 11 is 0. The summed E-state index contributed by atoms with van der Waals surface area (Å²) in [6, 6.07) is 24.5. The van der Waals surface area contributed by atoms with Crippen molar-refractivity contribution in [3.05, 3.63) is 100 Å². The van der Waals surface area contributed by atoms with Crippen LogP contribution in [0.3, 0.4) is 0 Å². The number of rotatable bonds is 6. The lowest BCUT2D eigenvalue weighted by atomic mass is 10.1. The second-order valence-electron chi connectivity index (χ2n) is 5.83. The highest BCUT2D eigenvalue weighted by atomic mass is 16.6. The van der Waals surface area contributed by atoms with Gasteiger partial charge in [0.2, 0.25) is 0 Å². The summed E-state index contributed by atoms with van der Waals surface area (Å²) in [7, 11) is 0. The highest BCUT2D eigenvalue weighted by Gasteiger charge is 2.16. The van der Waals surface area contributed by atoms with E-state index in [-0.39, 0.29) is 5.69 Å². The van der Waals surface area contributed by atoms with Crippen molar-refractivity contribution in [2.24, 2.45) is 0 Å². The molecule has 2 N–H and O–H groups in total. The number of nitrogen functional groups attached to an aromatic ring is 1. The van der Waals surface area contributed by atoms with Gasteiger partial charge >= 0.3 is 0 Å². The highest BCUT2D eigenvalue weighted by Crippen LogP contribution is 2.30. The Balaban J connectivity index is 1.98. The van der Waals surface area contributed by atoms with Crippen molar-refractivity contribution in [1.29, 1.82) is 0 Å². The van der Waals surface area contributed by atoms with Crippen molar-refractivity contribution in [2.75, 3.05) is 10.6 Å². The third-order valence-electron chi connectivity index (χ3n) is 4.00. The number of hydrogen-bond acceptors (Lipinski definition) is 4. The third-order valence-corrected chi connectivity index (χ3v) is 4.00. The van der Waals surface area contributed by atoms with E-state index in [9.17, 15) is 10.1 Å². The van der Waals surface area contributed by atoms with E-state index < -0.39 is 4.92 Å². The summed E-state index contributed by atoms with van der Waals surface area (Å²) in [5.41, 5.74) is 9.59. The molecule has 0 bridgehead atoms. The predicted molar refractivity (Wildman–Crippen MR) is 100 cm³/mol. The lowest BCUT2D eigenvalue weighted by Gasteiger charge is -2.26. The van der Waals surface area contributed by atoms with E-state index >= 15 is 0 Å². The molecule has 0 unspecified atom stereocenters. The van der Waals surface area contributed by atoms with Crippen LogP contribution >= 0.6 is 0 Å². The molecular formula is C20H19N3O2. The fourth-order valence-corrected chi connectivity index (χ4v) is 2.75. The zero-order valence-corrected chi connectivity index (χ0v) is 13.7. The van der Waals surface area contributed by atoms with Gasteiger partial charge < -0.3 is 10.6 Å². The zero-order valence-electron chi connectivity index (χ0n) is 13.7. The minimum atomic E-state index is -0.397. The maximum atomic E-state index is 11.1. The van der Waals surface area contributed by atoms with Crippen LogP contribution in [0.25, 0.3) is 0 Å². The van der Waals surface area contributed by atoms with E-state index in [1.165, 1.54) is 6.07 Å². The zero-order chi connectivity index (χ0) is 17.6. The molecule has 25 heavy (non-hydrogen) atoms. The smallest absolute Gasteiger partial charge is 0.271 e. The maximum Gasteiger partial charge on any atom is 0.271 e. The number of nitro benzene ring substituents is 1. The molecule has 5 nitrogen and oxygen atoms in total. The van der Waals surface area contributed by atoms with E-state index in [0.29, 0.717) is 24.5 Å². The van der Waals surface area contributed by atoms with Gasteiger partial charge in [-0.3, -0.25) is 10.1 Å². The average molecular weight is 333 g/mol. The van der Waals surface area contributed by atoms with Gasteiger partial charge in [0, 0.05) is 25.2 Å². The Bertz CT molecular complexity index is 810. The predicted octanol–water partition coefficient (Wildman–Crippen LogP) is 4.38. The molecule has 0 amide bonds. The number of hydrogen-bond donors (Lipinski definition) is 1. The first-order valence-electron chi connectivity index (χ1n) is 8.00. The van der Waals surface area contributed by atoms with Crippen molar-refractivity contribution in [2.45, 2.75) is 13.1 Å². The second kappa shape index (κ2) is 7.49. The standard InChI is InChI=1S/C20H19N3O2/c21-19-12-11-18(23(24)25)13-20(19)22(14-16-7-3-1-4-8-16)15-17-9-5-2-6-10-17/h1-13H,14-15,21H2. The molecule has 3 aromatic rings. The van der Waals surface area contributed by atoms with Crippen LogP contribution in [-0.4, -0.2) is 4.92 Å². The summed E-state index contributed by atoms with van der Waals surface area (Å²) in [4.78, 5) is 12.8. The van der Waals surface area contributed by atoms with Crippen LogP contribution in [-0.2, 0) is 13.1 Å². The summed E-state index contributed by atoms with van der Waals surface area (Å²) in [6.07, 6.45) is 0. The third kappa shape index (κ3) is 4.14. The van der Waals surface area contributed by atoms with E-state index in [2.05, 4.69) is 4.90 Å². The van der Waals surface area contributed by atoms with Gasteiger partial charge in [0.05, 0.1) is 16.3 Å². The molecule has 0 saturated heterocycles. The van der Waals surface area contributed by atoms with Crippen LogP contribution in [0.2, 0.25) is 0 Å². The van der Waals surface area contributed by atoms with Gasteiger partial charge in [0.1, 0.15) is 0 Å². The molecule has 0 aliphatic rings. The molecule has 0 aromatic heterocycles. The Labute approximate surface area is 146 Å². The molecule has 3 rings (SSSR count). The average Bonchev–Trinajstić information content (AvgIpc) is 2.63. The van der Waals surface area contributed by atoms with Gasteiger partial charge in [-0.15, -0.1) is 0 Å². The van der Waals surface area contributed by atoms with Crippen LogP contribution < -0.4 is 10.6 Å². The molecule has 0 atom stereocenters. The molecule has 0 radical (unpaired) electrons. The SMILES string of the molecule is Nc1ccc([N+](=O)[O-])cc1N(Cc1ccccc1)Cc1ccccc1. The van der Waals surface area contributed by atoms with Gasteiger partial charge in [-0.25, -0.2) is 0 Å². The fourth-order valence-electron chi connectivity index (χ4n) is 2.75. The molecule has 0 spiro atoms. The number of non-ortho nitro benzene ring substituents is 1. The molecule has 3 aromatic carbocycles. The second-order valence-corrected chi connectivity index (χ2v) is 5.83. The Hall–Kier alpha value is -3.34. The summed E-state index contributed by atoms with van der Waals surface area (Å²) in [5.74, 6) is 0. The number of nitrogens with zero attached hydrogens (tertiary/aromatic N) is 2. The number of benzene rings is 3. The van der Waals surface area contributed by atoms with Crippen LogP contribution in [0, 0.1) is 10.1 Å². The maximum absolute atomic E-state index is 11.1. The lowest BCUT2D eigenvalue weighted by molar-refractivity contribution is -0.384. The van der Waals surface area contributed by atoms with Crippen molar-refractivity contribution in [1.82, 2.24) is 0 Å². The summed E-state index contributed by atoms with van der Waals surface area (Å²) < 4.78 is 0. The molecule has 0 aliphatic carbocycles. The highest BCUT2D eigenvalue weighted by molar-refractivity contribution is 5.71. The topological polar surface area (TPSA) is 72.4 Å². The summed E-state index contributed by atoms with van der Waals surface area (Å²) in [5, 5.41) is 11.1. The van der Waals surface area contributed by atoms with E-state index in [0.717, 1.165) is 11.1 Å². The van der Waals surface area contributed by atoms with Gasteiger partial charge in [-0.05, 0) is 17.2 Å². The molecular weight excluding hydrogens is 314 g/mol. The van der Waals surface area contributed by atoms with Crippen LogP contribution in [0.1, 0.15) is 11.1 Å². The monoisotopic (exact) mass is 333 g/mol. The number of nitro groups is 1. The number of anilines is 2. The van der Waals surface area contributed by atoms with E-state index in [4.69, 9.17) is 5.73 Å². The minimum absolute atomic E-state index is 0.0373. The van der Waals surface area contributed by atoms with Crippen LogP contribution in [0.4, 0.5) is 17.1 Å². The molecule has 5 heteroatoms. The first kappa shape index (κ1) is 16.5. The van der Waals surface area contributed by atoms with Gasteiger partial charge in [0.15, 0.2) is 0 Å². The van der Waals surface area contributed by atoms with E-state index in [1.54, 1.807) is 12.1 Å². The Morgan fingerprint density at radius 1 is 0.840 bits per heavy atom. The lowest BCUT2D eigenvalue weighted by Crippen LogP contribution is -2.23. The van der Waals surface area contributed by atoms with Crippen molar-refractivity contribution < 1.29 is 4.92 Å². The Kier molecular flexibility index (Phi) is 4.95. The normalized spacial score (nSPS) is 10.4. The quantitative estimate of drug-likeness (QED) is 0.413. The minimum Gasteiger partial charge on any atom is -0.397 e. The summed E-state index contributed by atoms with van der Waals surface area (Å²) in [6.45, 7) is 1.22. The van der Waals surface area contributed by atoms with Gasteiger partial charge in [-0.1, -0.05) is 60.7 Å². The fraction of sp³-hybridized carbons (Fsp3) is 0.100. The molecule has 0 fully saturated rings. The first-order valence-corrected chi connectivity index (χ1v) is 8.00. The van der Waals surface area contributed by atoms with Gasteiger partial charge in [-0.2, -0.15) is 0 Å².